The first-order valence-electron chi connectivity index (χ1n) is 7.14. The third-order valence-electron chi connectivity index (χ3n) is 4.13. The Balaban J connectivity index is 1.79. The third-order valence-corrected chi connectivity index (χ3v) is 4.13. The highest BCUT2D eigenvalue weighted by Crippen LogP contribution is 2.39. The summed E-state index contributed by atoms with van der Waals surface area (Å²) in [6.07, 6.45) is 5.96. The van der Waals surface area contributed by atoms with Crippen molar-refractivity contribution in [2.45, 2.75) is 39.2 Å². The van der Waals surface area contributed by atoms with Gasteiger partial charge < -0.3 is 9.09 Å². The molecule has 108 valence electrons. The second kappa shape index (κ2) is 4.31. The number of hydrogen-bond donors (Lipinski definition) is 0. The van der Waals surface area contributed by atoms with Crippen molar-refractivity contribution in [1.82, 2.24) is 19.3 Å². The second-order valence-electron chi connectivity index (χ2n) is 5.71. The first kappa shape index (κ1) is 12.4. The fourth-order valence-electron chi connectivity index (χ4n) is 2.65. The zero-order chi connectivity index (χ0) is 14.6. The van der Waals surface area contributed by atoms with Crippen molar-refractivity contribution < 1.29 is 4.52 Å². The molecule has 0 spiro atoms. The Morgan fingerprint density at radius 1 is 1.33 bits per heavy atom. The van der Waals surface area contributed by atoms with E-state index in [1.54, 1.807) is 15.3 Å². The summed E-state index contributed by atoms with van der Waals surface area (Å²) in [6, 6.07) is 1.92. The zero-order valence-corrected chi connectivity index (χ0v) is 12.0. The maximum Gasteiger partial charge on any atom is 0.276 e. The van der Waals surface area contributed by atoms with Crippen LogP contribution in [-0.4, -0.2) is 19.3 Å². The molecule has 1 saturated carbocycles. The van der Waals surface area contributed by atoms with Gasteiger partial charge in [-0.2, -0.15) is 5.10 Å². The quantitative estimate of drug-likeness (QED) is 0.738. The lowest BCUT2D eigenvalue weighted by Gasteiger charge is -2.05. The minimum absolute atomic E-state index is 0.0306. The van der Waals surface area contributed by atoms with E-state index in [1.807, 2.05) is 26.1 Å². The van der Waals surface area contributed by atoms with E-state index in [-0.39, 0.29) is 5.56 Å². The minimum Gasteiger partial charge on any atom is -0.361 e. The molecule has 4 rings (SSSR count). The normalized spacial score (nSPS) is 15.0. The smallest absolute Gasteiger partial charge is 0.276 e. The molecule has 0 saturated heterocycles. The van der Waals surface area contributed by atoms with Gasteiger partial charge in [0.1, 0.15) is 11.3 Å². The van der Waals surface area contributed by atoms with Gasteiger partial charge in [0.15, 0.2) is 0 Å². The van der Waals surface area contributed by atoms with Crippen LogP contribution in [0.5, 0.6) is 0 Å². The Morgan fingerprint density at radius 2 is 2.14 bits per heavy atom. The van der Waals surface area contributed by atoms with Crippen molar-refractivity contribution in [3.8, 4) is 0 Å². The molecule has 0 aromatic carbocycles. The number of hydrogen-bond acceptors (Lipinski definition) is 4. The summed E-state index contributed by atoms with van der Waals surface area (Å²) in [5.74, 6) is 1.30. The average Bonchev–Trinajstić information content (AvgIpc) is 3.16. The molecule has 0 N–H and O–H groups in total. The van der Waals surface area contributed by atoms with E-state index in [2.05, 4.69) is 10.3 Å². The standard InChI is InChI=1S/C15H16N4O2/c1-9-12(10(2)21-17-9)8-18-5-6-19-14(15(18)20)7-13(16-19)11-3-4-11/h5-7,11H,3-4,8H2,1-2H3. The fourth-order valence-corrected chi connectivity index (χ4v) is 2.65. The molecule has 3 heterocycles. The van der Waals surface area contributed by atoms with Crippen molar-refractivity contribution in [1.29, 1.82) is 0 Å². The molecule has 1 aliphatic carbocycles. The zero-order valence-electron chi connectivity index (χ0n) is 12.0. The topological polar surface area (TPSA) is 65.3 Å². The van der Waals surface area contributed by atoms with Gasteiger partial charge in [0.25, 0.3) is 5.56 Å². The van der Waals surface area contributed by atoms with E-state index in [0.717, 1.165) is 22.7 Å². The van der Waals surface area contributed by atoms with Crippen molar-refractivity contribution in [3.63, 3.8) is 0 Å². The molecule has 0 amide bonds. The first-order chi connectivity index (χ1) is 10.1. The summed E-state index contributed by atoms with van der Waals surface area (Å²) in [7, 11) is 0. The molecule has 0 unspecified atom stereocenters. The number of fused-ring (bicyclic) bond motifs is 1. The molecule has 0 bridgehead atoms. The van der Waals surface area contributed by atoms with Crippen molar-refractivity contribution >= 4 is 5.52 Å². The molecule has 1 aliphatic rings. The van der Waals surface area contributed by atoms with Gasteiger partial charge in [-0.3, -0.25) is 4.79 Å². The summed E-state index contributed by atoms with van der Waals surface area (Å²) in [5, 5.41) is 8.41. The molecular weight excluding hydrogens is 268 g/mol. The lowest BCUT2D eigenvalue weighted by molar-refractivity contribution is 0.392. The van der Waals surface area contributed by atoms with Crippen molar-refractivity contribution in [2.75, 3.05) is 0 Å². The van der Waals surface area contributed by atoms with Crippen LogP contribution in [0.3, 0.4) is 0 Å². The number of nitrogens with zero attached hydrogens (tertiary/aromatic N) is 4. The monoisotopic (exact) mass is 284 g/mol. The number of aromatic nitrogens is 4. The maximum absolute atomic E-state index is 12.6. The van der Waals surface area contributed by atoms with Gasteiger partial charge in [0.05, 0.1) is 17.9 Å². The summed E-state index contributed by atoms with van der Waals surface area (Å²) in [4.78, 5) is 12.6. The van der Waals surface area contributed by atoms with Crippen LogP contribution < -0.4 is 5.56 Å². The second-order valence-corrected chi connectivity index (χ2v) is 5.71. The predicted octanol–water partition coefficient (Wildman–Crippen LogP) is 2.03. The maximum atomic E-state index is 12.6. The van der Waals surface area contributed by atoms with Gasteiger partial charge in [-0.15, -0.1) is 0 Å². The van der Waals surface area contributed by atoms with Gasteiger partial charge in [-0.1, -0.05) is 5.16 Å². The number of aryl methyl sites for hydroxylation is 2. The molecule has 21 heavy (non-hydrogen) atoms. The largest absolute Gasteiger partial charge is 0.361 e. The van der Waals surface area contributed by atoms with Crippen LogP contribution in [0.4, 0.5) is 0 Å². The third kappa shape index (κ3) is 1.98. The Morgan fingerprint density at radius 3 is 2.81 bits per heavy atom. The molecule has 6 nitrogen and oxygen atoms in total. The summed E-state index contributed by atoms with van der Waals surface area (Å²) < 4.78 is 8.52. The molecular formula is C15H16N4O2. The SMILES string of the molecule is Cc1noc(C)c1Cn1ccn2nc(C3CC3)cc2c1=O. The molecule has 0 radical (unpaired) electrons. The van der Waals surface area contributed by atoms with E-state index in [4.69, 9.17) is 4.52 Å². The highest BCUT2D eigenvalue weighted by atomic mass is 16.5. The van der Waals surface area contributed by atoms with Gasteiger partial charge in [0, 0.05) is 23.9 Å². The number of rotatable bonds is 3. The predicted molar refractivity (Wildman–Crippen MR) is 76.5 cm³/mol. The summed E-state index contributed by atoms with van der Waals surface area (Å²) >= 11 is 0. The summed E-state index contributed by atoms with van der Waals surface area (Å²) in [6.45, 7) is 4.22. The Kier molecular flexibility index (Phi) is 2.54. The van der Waals surface area contributed by atoms with E-state index < -0.39 is 0 Å². The van der Waals surface area contributed by atoms with Crippen LogP contribution in [0.1, 0.15) is 41.5 Å². The first-order valence-corrected chi connectivity index (χ1v) is 7.14. The molecule has 1 fully saturated rings. The van der Waals surface area contributed by atoms with Crippen molar-refractivity contribution in [3.05, 3.63) is 51.5 Å². The molecule has 3 aromatic heterocycles. The highest BCUT2D eigenvalue weighted by molar-refractivity contribution is 5.46. The Hall–Kier alpha value is -2.37. The molecule has 3 aromatic rings. The van der Waals surface area contributed by atoms with Gasteiger partial charge >= 0.3 is 0 Å². The molecule has 6 heteroatoms. The lowest BCUT2D eigenvalue weighted by Crippen LogP contribution is -2.22. The van der Waals surface area contributed by atoms with Crippen LogP contribution >= 0.6 is 0 Å². The van der Waals surface area contributed by atoms with Crippen molar-refractivity contribution in [2.24, 2.45) is 0 Å². The van der Waals surface area contributed by atoms with E-state index in [0.29, 0.717) is 18.0 Å². The van der Waals surface area contributed by atoms with E-state index in [9.17, 15) is 4.79 Å². The van der Waals surface area contributed by atoms with Crippen LogP contribution in [0.25, 0.3) is 5.52 Å². The van der Waals surface area contributed by atoms with Gasteiger partial charge in [-0.25, -0.2) is 4.52 Å². The van der Waals surface area contributed by atoms with E-state index in [1.165, 1.54) is 12.8 Å². The Labute approximate surface area is 121 Å². The molecule has 0 aliphatic heterocycles. The van der Waals surface area contributed by atoms with Crippen LogP contribution in [0.15, 0.2) is 27.8 Å². The van der Waals surface area contributed by atoms with Gasteiger partial charge in [0.2, 0.25) is 0 Å². The lowest BCUT2D eigenvalue weighted by atomic mass is 10.2. The van der Waals surface area contributed by atoms with Crippen LogP contribution in [-0.2, 0) is 6.54 Å². The van der Waals surface area contributed by atoms with E-state index >= 15 is 0 Å². The molecule has 0 atom stereocenters. The van der Waals surface area contributed by atoms with Crippen LogP contribution in [0, 0.1) is 13.8 Å². The van der Waals surface area contributed by atoms with Crippen LogP contribution in [0.2, 0.25) is 0 Å². The van der Waals surface area contributed by atoms with Gasteiger partial charge in [-0.05, 0) is 32.8 Å². The highest BCUT2D eigenvalue weighted by Gasteiger charge is 2.26. The summed E-state index contributed by atoms with van der Waals surface area (Å²) in [5.41, 5.74) is 3.42. The Bertz CT molecular complexity index is 863. The minimum atomic E-state index is -0.0306. The average molecular weight is 284 g/mol. The fraction of sp³-hybridized carbons (Fsp3) is 0.400.